The van der Waals surface area contributed by atoms with Crippen LogP contribution in [0, 0.1) is 17.5 Å². The Balaban J connectivity index is 1.87. The molecule has 1 heterocycles. The van der Waals surface area contributed by atoms with Crippen molar-refractivity contribution in [2.24, 2.45) is 0 Å². The Hall–Kier alpha value is -1.85. The molecule has 1 aliphatic heterocycles. The molecule has 0 amide bonds. The van der Waals surface area contributed by atoms with Gasteiger partial charge in [0.25, 0.3) is 0 Å². The molecular formula is C21H23F3O2. The molecule has 2 unspecified atom stereocenters. The largest absolute Gasteiger partial charge is 0.356 e. The normalized spacial score (nSPS) is 20.3. The highest BCUT2D eigenvalue weighted by Gasteiger charge is 2.27. The van der Waals surface area contributed by atoms with Crippen molar-refractivity contribution in [1.82, 2.24) is 0 Å². The van der Waals surface area contributed by atoms with Crippen molar-refractivity contribution in [2.75, 3.05) is 13.7 Å². The van der Waals surface area contributed by atoms with Gasteiger partial charge in [0.15, 0.2) is 17.9 Å². The number of benzene rings is 2. The van der Waals surface area contributed by atoms with Gasteiger partial charge in [-0.1, -0.05) is 37.6 Å². The summed E-state index contributed by atoms with van der Waals surface area (Å²) in [5.74, 6) is -2.43. The number of rotatable bonds is 5. The lowest BCUT2D eigenvalue weighted by Gasteiger charge is -2.28. The molecular weight excluding hydrogens is 341 g/mol. The number of hydrogen-bond acceptors (Lipinski definition) is 2. The van der Waals surface area contributed by atoms with Crippen molar-refractivity contribution < 1.29 is 22.6 Å². The van der Waals surface area contributed by atoms with E-state index in [1.54, 1.807) is 25.3 Å². The molecule has 2 aromatic carbocycles. The van der Waals surface area contributed by atoms with Gasteiger partial charge in [0.05, 0.1) is 6.61 Å². The Morgan fingerprint density at radius 2 is 1.88 bits per heavy atom. The molecule has 0 aliphatic carbocycles. The fourth-order valence-corrected chi connectivity index (χ4v) is 3.45. The molecule has 0 aromatic heterocycles. The first-order chi connectivity index (χ1) is 12.5. The monoisotopic (exact) mass is 364 g/mol. The molecule has 0 N–H and O–H groups in total. The lowest BCUT2D eigenvalue weighted by Crippen LogP contribution is -2.26. The highest BCUT2D eigenvalue weighted by atomic mass is 19.2. The van der Waals surface area contributed by atoms with E-state index >= 15 is 0 Å². The highest BCUT2D eigenvalue weighted by molar-refractivity contribution is 5.65. The van der Waals surface area contributed by atoms with Crippen LogP contribution in [-0.4, -0.2) is 20.0 Å². The van der Waals surface area contributed by atoms with Crippen LogP contribution in [0.4, 0.5) is 13.2 Å². The lowest BCUT2D eigenvalue weighted by atomic mass is 9.90. The zero-order valence-electron chi connectivity index (χ0n) is 15.0. The van der Waals surface area contributed by atoms with Gasteiger partial charge in [-0.2, -0.15) is 0 Å². The fraction of sp³-hybridized carbons (Fsp3) is 0.429. The molecule has 1 fully saturated rings. The molecule has 3 rings (SSSR count). The van der Waals surface area contributed by atoms with Crippen LogP contribution in [0.25, 0.3) is 11.1 Å². The maximum Gasteiger partial charge on any atom is 0.166 e. The molecule has 1 aliphatic rings. The van der Waals surface area contributed by atoms with Crippen molar-refractivity contribution in [3.05, 3.63) is 58.9 Å². The van der Waals surface area contributed by atoms with Crippen molar-refractivity contribution in [1.29, 1.82) is 0 Å². The summed E-state index contributed by atoms with van der Waals surface area (Å²) in [6, 6.07) is 7.64. The van der Waals surface area contributed by atoms with Crippen LogP contribution in [0.15, 0.2) is 30.3 Å². The topological polar surface area (TPSA) is 18.5 Å². The zero-order chi connectivity index (χ0) is 18.7. The fourth-order valence-electron chi connectivity index (χ4n) is 3.45. The Kier molecular flexibility index (Phi) is 5.99. The van der Waals surface area contributed by atoms with E-state index in [0.717, 1.165) is 6.42 Å². The predicted octanol–water partition coefficient (Wildman–Crippen LogP) is 5.59. The van der Waals surface area contributed by atoms with Crippen LogP contribution < -0.4 is 0 Å². The molecule has 2 atom stereocenters. The minimum atomic E-state index is -0.945. The Bertz CT molecular complexity index is 768. The summed E-state index contributed by atoms with van der Waals surface area (Å²) >= 11 is 0. The number of aryl methyl sites for hydroxylation is 1. The zero-order valence-corrected chi connectivity index (χ0v) is 15.0. The average Bonchev–Trinajstić information content (AvgIpc) is 2.66. The van der Waals surface area contributed by atoms with Crippen LogP contribution in [0.5, 0.6) is 0 Å². The quantitative estimate of drug-likeness (QED) is 0.688. The minimum absolute atomic E-state index is 0.0692. The summed E-state index contributed by atoms with van der Waals surface area (Å²) in [6.45, 7) is 2.25. The van der Waals surface area contributed by atoms with Crippen LogP contribution in [0.2, 0.25) is 0 Å². The van der Waals surface area contributed by atoms with Gasteiger partial charge in [0, 0.05) is 18.6 Å². The predicted molar refractivity (Wildman–Crippen MR) is 94.5 cm³/mol. The lowest BCUT2D eigenvalue weighted by molar-refractivity contribution is -0.151. The SMILES string of the molecule is CCCc1ccc(-c2ccc(C3CCC(OC)OC3)c(F)c2F)cc1F. The molecule has 5 heteroatoms. The van der Waals surface area contributed by atoms with Crippen LogP contribution in [0.3, 0.4) is 0 Å². The average molecular weight is 364 g/mol. The Labute approximate surface area is 151 Å². The second-order valence-electron chi connectivity index (χ2n) is 6.66. The Morgan fingerprint density at radius 3 is 2.50 bits per heavy atom. The first-order valence-corrected chi connectivity index (χ1v) is 8.96. The van der Waals surface area contributed by atoms with Crippen LogP contribution in [0.1, 0.15) is 43.2 Å². The molecule has 26 heavy (non-hydrogen) atoms. The summed E-state index contributed by atoms with van der Waals surface area (Å²) < 4.78 is 54.1. The summed E-state index contributed by atoms with van der Waals surface area (Å²) in [6.07, 6.45) is 2.44. The molecule has 2 nitrogen and oxygen atoms in total. The molecule has 0 saturated carbocycles. The number of methoxy groups -OCH3 is 1. The first-order valence-electron chi connectivity index (χ1n) is 8.96. The second kappa shape index (κ2) is 8.23. The van der Waals surface area contributed by atoms with E-state index in [-0.39, 0.29) is 30.2 Å². The Morgan fingerprint density at radius 1 is 1.08 bits per heavy atom. The summed E-state index contributed by atoms with van der Waals surface area (Å²) in [7, 11) is 1.56. The van der Waals surface area contributed by atoms with Crippen LogP contribution in [-0.2, 0) is 15.9 Å². The maximum absolute atomic E-state index is 14.7. The third-order valence-corrected chi connectivity index (χ3v) is 4.93. The number of hydrogen-bond donors (Lipinski definition) is 0. The van der Waals surface area contributed by atoms with Crippen molar-refractivity contribution in [3.8, 4) is 11.1 Å². The summed E-state index contributed by atoms with van der Waals surface area (Å²) in [5, 5.41) is 0. The van der Waals surface area contributed by atoms with Gasteiger partial charge >= 0.3 is 0 Å². The number of halogens is 3. The molecule has 1 saturated heterocycles. The van der Waals surface area contributed by atoms with E-state index in [9.17, 15) is 13.2 Å². The van der Waals surface area contributed by atoms with Gasteiger partial charge in [0.2, 0.25) is 0 Å². The molecule has 140 valence electrons. The van der Waals surface area contributed by atoms with Gasteiger partial charge in [-0.05, 0) is 42.0 Å². The van der Waals surface area contributed by atoms with Crippen LogP contribution >= 0.6 is 0 Å². The van der Waals surface area contributed by atoms with Gasteiger partial charge in [-0.15, -0.1) is 0 Å². The van der Waals surface area contributed by atoms with E-state index in [0.29, 0.717) is 36.0 Å². The standard InChI is InChI=1S/C21H23F3O2/c1-3-4-13-5-6-14(11-18(13)22)16-8-9-17(21(24)20(16)23)15-7-10-19(25-2)26-12-15/h5-6,8-9,11,15,19H,3-4,7,10,12H2,1-2H3. The van der Waals surface area contributed by atoms with Crippen molar-refractivity contribution in [2.45, 2.75) is 44.8 Å². The highest BCUT2D eigenvalue weighted by Crippen LogP contribution is 2.34. The van der Waals surface area contributed by atoms with E-state index < -0.39 is 11.6 Å². The number of ether oxygens (including phenoxy) is 2. The molecule has 0 bridgehead atoms. The van der Waals surface area contributed by atoms with E-state index in [4.69, 9.17) is 9.47 Å². The molecule has 0 spiro atoms. The van der Waals surface area contributed by atoms with E-state index in [1.165, 1.54) is 12.1 Å². The van der Waals surface area contributed by atoms with Crippen molar-refractivity contribution in [3.63, 3.8) is 0 Å². The third-order valence-electron chi connectivity index (χ3n) is 4.93. The maximum atomic E-state index is 14.7. The summed E-state index contributed by atoms with van der Waals surface area (Å²) in [4.78, 5) is 0. The van der Waals surface area contributed by atoms with Gasteiger partial charge in [0.1, 0.15) is 5.82 Å². The summed E-state index contributed by atoms with van der Waals surface area (Å²) in [5.41, 5.74) is 1.29. The van der Waals surface area contributed by atoms with Gasteiger partial charge < -0.3 is 9.47 Å². The minimum Gasteiger partial charge on any atom is -0.356 e. The smallest absolute Gasteiger partial charge is 0.166 e. The third kappa shape index (κ3) is 3.79. The first kappa shape index (κ1) is 18.9. The molecule has 0 radical (unpaired) electrons. The molecule has 2 aromatic rings. The van der Waals surface area contributed by atoms with Gasteiger partial charge in [-0.25, -0.2) is 13.2 Å². The van der Waals surface area contributed by atoms with Crippen molar-refractivity contribution >= 4 is 0 Å². The van der Waals surface area contributed by atoms with E-state index in [2.05, 4.69) is 0 Å². The van der Waals surface area contributed by atoms with E-state index in [1.807, 2.05) is 6.92 Å². The van der Waals surface area contributed by atoms with Gasteiger partial charge in [-0.3, -0.25) is 0 Å². The second-order valence-corrected chi connectivity index (χ2v) is 6.66.